The third kappa shape index (κ3) is 3.96. The first kappa shape index (κ1) is 19.4. The van der Waals surface area contributed by atoms with Crippen LogP contribution in [0, 0.1) is 5.82 Å². The van der Waals surface area contributed by atoms with Crippen LogP contribution >= 0.6 is 0 Å². The molecule has 0 radical (unpaired) electrons. The Bertz CT molecular complexity index is 1130. The largest absolute Gasteiger partial charge is 0.493 e. The fraction of sp³-hybridized carbons (Fsp3) is 0.130. The van der Waals surface area contributed by atoms with Crippen LogP contribution in [0.2, 0.25) is 0 Å². The van der Waals surface area contributed by atoms with Crippen molar-refractivity contribution in [2.45, 2.75) is 6.04 Å². The molecule has 0 spiro atoms. The topological polar surface area (TPSA) is 69.4 Å². The molecule has 1 N–H and O–H groups in total. The van der Waals surface area contributed by atoms with Crippen molar-refractivity contribution in [3.63, 3.8) is 0 Å². The zero-order valence-corrected chi connectivity index (χ0v) is 16.5. The molecule has 0 saturated heterocycles. The fourth-order valence-electron chi connectivity index (χ4n) is 3.12. The Labute approximate surface area is 173 Å². The van der Waals surface area contributed by atoms with Gasteiger partial charge in [-0.15, -0.1) is 10.2 Å². The highest BCUT2D eigenvalue weighted by Gasteiger charge is 2.24. The second kappa shape index (κ2) is 8.65. The highest BCUT2D eigenvalue weighted by molar-refractivity contribution is 5.57. The van der Waals surface area contributed by atoms with Crippen molar-refractivity contribution < 1.29 is 18.3 Å². The zero-order chi connectivity index (χ0) is 20.9. The van der Waals surface area contributed by atoms with Gasteiger partial charge in [0.25, 0.3) is 0 Å². The van der Waals surface area contributed by atoms with Gasteiger partial charge in [-0.2, -0.15) is 0 Å². The van der Waals surface area contributed by atoms with E-state index in [0.29, 0.717) is 28.6 Å². The van der Waals surface area contributed by atoms with Crippen LogP contribution < -0.4 is 14.8 Å². The summed E-state index contributed by atoms with van der Waals surface area (Å²) in [6.45, 7) is 0. The number of nitrogens with one attached hydrogen (secondary N) is 1. The van der Waals surface area contributed by atoms with E-state index in [9.17, 15) is 4.39 Å². The van der Waals surface area contributed by atoms with Crippen molar-refractivity contribution >= 4 is 5.69 Å². The molecule has 4 rings (SSSR count). The van der Waals surface area contributed by atoms with Crippen molar-refractivity contribution in [2.24, 2.45) is 0 Å². The van der Waals surface area contributed by atoms with E-state index in [4.69, 9.17) is 13.9 Å². The lowest BCUT2D eigenvalue weighted by atomic mass is 10.1. The molecule has 7 heteroatoms. The number of hydrogen-bond donors (Lipinski definition) is 1. The summed E-state index contributed by atoms with van der Waals surface area (Å²) in [6, 6.07) is 20.5. The summed E-state index contributed by atoms with van der Waals surface area (Å²) < 4.78 is 31.2. The van der Waals surface area contributed by atoms with Crippen LogP contribution in [0.5, 0.6) is 11.5 Å². The number of rotatable bonds is 7. The quantitative estimate of drug-likeness (QED) is 0.462. The highest BCUT2D eigenvalue weighted by atomic mass is 19.1. The second-order valence-corrected chi connectivity index (χ2v) is 6.48. The van der Waals surface area contributed by atoms with E-state index in [1.54, 1.807) is 44.6 Å². The van der Waals surface area contributed by atoms with Gasteiger partial charge in [-0.3, -0.25) is 0 Å². The normalized spacial score (nSPS) is 11.7. The lowest BCUT2D eigenvalue weighted by Crippen LogP contribution is -2.14. The molecule has 30 heavy (non-hydrogen) atoms. The van der Waals surface area contributed by atoms with Gasteiger partial charge in [0.15, 0.2) is 11.5 Å². The minimum absolute atomic E-state index is 0.244. The first-order valence-corrected chi connectivity index (χ1v) is 9.31. The van der Waals surface area contributed by atoms with Gasteiger partial charge in [-0.05, 0) is 30.3 Å². The van der Waals surface area contributed by atoms with Crippen LogP contribution in [0.1, 0.15) is 17.5 Å². The van der Waals surface area contributed by atoms with Crippen molar-refractivity contribution in [3.05, 3.63) is 90.1 Å². The molecule has 3 aromatic carbocycles. The molecule has 1 aromatic heterocycles. The Kier molecular flexibility index (Phi) is 5.61. The third-order valence-electron chi connectivity index (χ3n) is 4.62. The van der Waals surface area contributed by atoms with E-state index >= 15 is 0 Å². The molecule has 0 aliphatic rings. The number of ether oxygens (including phenoxy) is 2. The lowest BCUT2D eigenvalue weighted by molar-refractivity contribution is 0.355. The van der Waals surface area contributed by atoms with Gasteiger partial charge in [0, 0.05) is 22.9 Å². The molecular weight excluding hydrogens is 385 g/mol. The molecule has 1 heterocycles. The first-order valence-electron chi connectivity index (χ1n) is 9.31. The molecule has 1 atom stereocenters. The third-order valence-corrected chi connectivity index (χ3v) is 4.62. The van der Waals surface area contributed by atoms with Gasteiger partial charge in [0.1, 0.15) is 11.9 Å². The Morgan fingerprint density at radius 2 is 1.60 bits per heavy atom. The van der Waals surface area contributed by atoms with Crippen LogP contribution in [-0.2, 0) is 0 Å². The van der Waals surface area contributed by atoms with E-state index in [1.807, 2.05) is 36.4 Å². The van der Waals surface area contributed by atoms with E-state index < -0.39 is 6.04 Å². The minimum Gasteiger partial charge on any atom is -0.493 e. The molecule has 0 unspecified atom stereocenters. The molecule has 0 fully saturated rings. The summed E-state index contributed by atoms with van der Waals surface area (Å²) in [5, 5.41) is 11.6. The van der Waals surface area contributed by atoms with E-state index in [0.717, 1.165) is 5.56 Å². The fourth-order valence-corrected chi connectivity index (χ4v) is 3.12. The number of hydrogen-bond acceptors (Lipinski definition) is 6. The summed E-state index contributed by atoms with van der Waals surface area (Å²) in [7, 11) is 3.12. The maximum Gasteiger partial charge on any atom is 0.247 e. The van der Waals surface area contributed by atoms with Crippen molar-refractivity contribution in [2.75, 3.05) is 19.5 Å². The highest BCUT2D eigenvalue weighted by Crippen LogP contribution is 2.34. The SMILES string of the molecule is COc1ccc(N[C@H](c2nnc(-c3ccccc3)o2)c2ccccc2F)cc1OC. The van der Waals surface area contributed by atoms with Crippen molar-refractivity contribution in [3.8, 4) is 23.0 Å². The molecule has 0 amide bonds. The molecule has 0 aliphatic carbocycles. The molecular formula is C23H20FN3O3. The average molecular weight is 405 g/mol. The zero-order valence-electron chi connectivity index (χ0n) is 16.5. The Morgan fingerprint density at radius 1 is 0.867 bits per heavy atom. The van der Waals surface area contributed by atoms with Gasteiger partial charge >= 0.3 is 0 Å². The van der Waals surface area contributed by atoms with Crippen LogP contribution in [-0.4, -0.2) is 24.4 Å². The summed E-state index contributed by atoms with van der Waals surface area (Å²) in [5.74, 6) is 1.37. The first-order chi connectivity index (χ1) is 14.7. The van der Waals surface area contributed by atoms with Gasteiger partial charge in [-0.1, -0.05) is 36.4 Å². The van der Waals surface area contributed by atoms with Gasteiger partial charge < -0.3 is 19.2 Å². The predicted octanol–water partition coefficient (Wildman–Crippen LogP) is 5.09. The summed E-state index contributed by atoms with van der Waals surface area (Å²) in [6.07, 6.45) is 0. The molecule has 0 bridgehead atoms. The summed E-state index contributed by atoms with van der Waals surface area (Å²) in [5.41, 5.74) is 1.85. The van der Waals surface area contributed by atoms with E-state index in [-0.39, 0.29) is 11.7 Å². The molecule has 0 aliphatic heterocycles. The minimum atomic E-state index is -0.700. The van der Waals surface area contributed by atoms with Crippen molar-refractivity contribution in [1.82, 2.24) is 10.2 Å². The van der Waals surface area contributed by atoms with Gasteiger partial charge in [-0.25, -0.2) is 4.39 Å². The molecule has 0 saturated carbocycles. The number of aromatic nitrogens is 2. The number of anilines is 1. The number of benzene rings is 3. The van der Waals surface area contributed by atoms with Gasteiger partial charge in [0.2, 0.25) is 11.8 Å². The van der Waals surface area contributed by atoms with Crippen LogP contribution in [0.15, 0.2) is 77.2 Å². The maximum absolute atomic E-state index is 14.6. The van der Waals surface area contributed by atoms with Crippen molar-refractivity contribution in [1.29, 1.82) is 0 Å². The second-order valence-electron chi connectivity index (χ2n) is 6.48. The van der Waals surface area contributed by atoms with Crippen LogP contribution in [0.25, 0.3) is 11.5 Å². The molecule has 152 valence electrons. The number of nitrogens with zero attached hydrogens (tertiary/aromatic N) is 2. The Hall–Kier alpha value is -3.87. The predicted molar refractivity (Wildman–Crippen MR) is 111 cm³/mol. The molecule has 4 aromatic rings. The number of halogens is 1. The average Bonchev–Trinajstić information content (AvgIpc) is 3.28. The van der Waals surface area contributed by atoms with E-state index in [2.05, 4.69) is 15.5 Å². The summed E-state index contributed by atoms with van der Waals surface area (Å²) in [4.78, 5) is 0. The number of methoxy groups -OCH3 is 2. The standard InChI is InChI=1S/C23H20FN3O3/c1-28-19-13-12-16(14-20(19)29-2)25-21(17-10-6-7-11-18(17)24)23-27-26-22(30-23)15-8-4-3-5-9-15/h3-14,21,25H,1-2H3/t21-/m0/s1. The smallest absolute Gasteiger partial charge is 0.247 e. The van der Waals surface area contributed by atoms with Crippen LogP contribution in [0.3, 0.4) is 0 Å². The Morgan fingerprint density at radius 3 is 2.33 bits per heavy atom. The Balaban J connectivity index is 1.73. The van der Waals surface area contributed by atoms with Crippen LogP contribution in [0.4, 0.5) is 10.1 Å². The monoisotopic (exact) mass is 405 g/mol. The molecule has 6 nitrogen and oxygen atoms in total. The summed E-state index contributed by atoms with van der Waals surface area (Å²) >= 11 is 0. The lowest BCUT2D eigenvalue weighted by Gasteiger charge is -2.18. The van der Waals surface area contributed by atoms with E-state index in [1.165, 1.54) is 6.07 Å². The maximum atomic E-state index is 14.6. The van der Waals surface area contributed by atoms with Gasteiger partial charge in [0.05, 0.1) is 14.2 Å².